The summed E-state index contributed by atoms with van der Waals surface area (Å²) in [6.07, 6.45) is 3.42. The Morgan fingerprint density at radius 1 is 1.19 bits per heavy atom. The SMILES string of the molecule is Cc1cc(=O)cc(C(=O)NCC(c2ccc(F)cc2)N2CCCCC2)o1. The van der Waals surface area contributed by atoms with E-state index in [2.05, 4.69) is 10.2 Å². The molecule has 1 fully saturated rings. The molecule has 0 saturated carbocycles. The number of nitrogens with one attached hydrogen (secondary N) is 1. The van der Waals surface area contributed by atoms with E-state index < -0.39 is 5.91 Å². The van der Waals surface area contributed by atoms with Crippen LogP contribution in [-0.4, -0.2) is 30.4 Å². The first-order valence-electron chi connectivity index (χ1n) is 8.92. The van der Waals surface area contributed by atoms with E-state index in [-0.39, 0.29) is 23.0 Å². The standard InChI is InChI=1S/C20H23FN2O3/c1-14-11-17(24)12-19(26-14)20(25)22-13-18(23-9-3-2-4-10-23)15-5-7-16(21)8-6-15/h5-8,11-12,18H,2-4,9-10,13H2,1H3,(H,22,25). The van der Waals surface area contributed by atoms with E-state index in [4.69, 9.17) is 4.42 Å². The number of hydrogen-bond acceptors (Lipinski definition) is 4. The highest BCUT2D eigenvalue weighted by Gasteiger charge is 2.23. The summed E-state index contributed by atoms with van der Waals surface area (Å²) in [5.41, 5.74) is 0.698. The van der Waals surface area contributed by atoms with Gasteiger partial charge in [0.1, 0.15) is 11.6 Å². The highest BCUT2D eigenvalue weighted by atomic mass is 19.1. The summed E-state index contributed by atoms with van der Waals surface area (Å²) in [6.45, 7) is 3.88. The number of rotatable bonds is 5. The van der Waals surface area contributed by atoms with Gasteiger partial charge in [0.05, 0.1) is 6.04 Å². The van der Waals surface area contributed by atoms with E-state index in [1.165, 1.54) is 30.7 Å². The maximum absolute atomic E-state index is 13.3. The minimum Gasteiger partial charge on any atom is -0.456 e. The third-order valence-electron chi connectivity index (χ3n) is 4.66. The molecule has 1 aliphatic heterocycles. The maximum atomic E-state index is 13.3. The molecule has 0 radical (unpaired) electrons. The smallest absolute Gasteiger partial charge is 0.287 e. The lowest BCUT2D eigenvalue weighted by molar-refractivity contribution is 0.0893. The second-order valence-corrected chi connectivity index (χ2v) is 6.64. The molecular weight excluding hydrogens is 335 g/mol. The Morgan fingerprint density at radius 2 is 1.88 bits per heavy atom. The zero-order valence-corrected chi connectivity index (χ0v) is 14.8. The second kappa shape index (κ2) is 8.27. The topological polar surface area (TPSA) is 62.6 Å². The number of nitrogens with zero attached hydrogens (tertiary/aromatic N) is 1. The van der Waals surface area contributed by atoms with Gasteiger partial charge in [0, 0.05) is 18.7 Å². The number of benzene rings is 1. The minimum absolute atomic E-state index is 0.00602. The Bertz CT molecular complexity index is 811. The van der Waals surface area contributed by atoms with Gasteiger partial charge in [-0.25, -0.2) is 4.39 Å². The van der Waals surface area contributed by atoms with Crippen LogP contribution in [0.1, 0.15) is 47.2 Å². The highest BCUT2D eigenvalue weighted by molar-refractivity contribution is 5.91. The summed E-state index contributed by atoms with van der Waals surface area (Å²) < 4.78 is 18.6. The number of halogens is 1. The van der Waals surface area contributed by atoms with Crippen LogP contribution >= 0.6 is 0 Å². The van der Waals surface area contributed by atoms with Crippen LogP contribution in [-0.2, 0) is 0 Å². The quantitative estimate of drug-likeness (QED) is 0.892. The summed E-state index contributed by atoms with van der Waals surface area (Å²) in [4.78, 5) is 26.3. The molecule has 2 heterocycles. The summed E-state index contributed by atoms with van der Waals surface area (Å²) in [5.74, 6) is -0.299. The molecule has 138 valence electrons. The van der Waals surface area contributed by atoms with Crippen molar-refractivity contribution in [3.63, 3.8) is 0 Å². The number of carbonyl (C=O) groups is 1. The van der Waals surface area contributed by atoms with E-state index in [1.807, 2.05) is 0 Å². The summed E-state index contributed by atoms with van der Waals surface area (Å²) in [6, 6.07) is 8.88. The van der Waals surface area contributed by atoms with E-state index in [0.717, 1.165) is 31.5 Å². The first-order chi connectivity index (χ1) is 12.5. The predicted molar refractivity (Wildman–Crippen MR) is 96.6 cm³/mol. The van der Waals surface area contributed by atoms with Crippen molar-refractivity contribution in [2.24, 2.45) is 0 Å². The van der Waals surface area contributed by atoms with Gasteiger partial charge in [-0.3, -0.25) is 14.5 Å². The van der Waals surface area contributed by atoms with E-state index in [1.54, 1.807) is 19.1 Å². The second-order valence-electron chi connectivity index (χ2n) is 6.64. The highest BCUT2D eigenvalue weighted by Crippen LogP contribution is 2.24. The molecule has 1 N–H and O–H groups in total. The van der Waals surface area contributed by atoms with Crippen molar-refractivity contribution in [3.05, 3.63) is 69.5 Å². The molecular formula is C20H23FN2O3. The normalized spacial score (nSPS) is 16.2. The van der Waals surface area contributed by atoms with Gasteiger partial charge in [-0.1, -0.05) is 18.6 Å². The molecule has 1 unspecified atom stereocenters. The van der Waals surface area contributed by atoms with Gasteiger partial charge in [-0.05, 0) is 50.6 Å². The molecule has 1 amide bonds. The van der Waals surface area contributed by atoms with Gasteiger partial charge in [0.15, 0.2) is 11.2 Å². The molecule has 26 heavy (non-hydrogen) atoms. The van der Waals surface area contributed by atoms with Gasteiger partial charge in [0.25, 0.3) is 5.91 Å². The molecule has 5 nitrogen and oxygen atoms in total. The van der Waals surface area contributed by atoms with Crippen LogP contribution in [0, 0.1) is 12.7 Å². The zero-order valence-electron chi connectivity index (χ0n) is 14.8. The third-order valence-corrected chi connectivity index (χ3v) is 4.66. The van der Waals surface area contributed by atoms with Crippen molar-refractivity contribution in [1.82, 2.24) is 10.2 Å². The monoisotopic (exact) mass is 358 g/mol. The van der Waals surface area contributed by atoms with Crippen LogP contribution in [0.15, 0.2) is 45.6 Å². The maximum Gasteiger partial charge on any atom is 0.287 e. The minimum atomic E-state index is -0.421. The number of carbonyl (C=O) groups excluding carboxylic acids is 1. The molecule has 1 saturated heterocycles. The van der Waals surface area contributed by atoms with Crippen molar-refractivity contribution in [1.29, 1.82) is 0 Å². The van der Waals surface area contributed by atoms with Crippen LogP contribution in [0.3, 0.4) is 0 Å². The van der Waals surface area contributed by atoms with Crippen molar-refractivity contribution in [2.45, 2.75) is 32.2 Å². The summed E-state index contributed by atoms with van der Waals surface area (Å²) in [5, 5.41) is 2.86. The Morgan fingerprint density at radius 3 is 2.54 bits per heavy atom. The molecule has 1 aromatic carbocycles. The number of aryl methyl sites for hydroxylation is 1. The zero-order chi connectivity index (χ0) is 18.5. The lowest BCUT2D eigenvalue weighted by atomic mass is 10.0. The number of amides is 1. The average molecular weight is 358 g/mol. The fourth-order valence-corrected chi connectivity index (χ4v) is 3.36. The van der Waals surface area contributed by atoms with Gasteiger partial charge < -0.3 is 9.73 Å². The molecule has 0 spiro atoms. The largest absolute Gasteiger partial charge is 0.456 e. The van der Waals surface area contributed by atoms with Crippen LogP contribution in [0.25, 0.3) is 0 Å². The lowest BCUT2D eigenvalue weighted by Gasteiger charge is -2.35. The number of piperidine rings is 1. The molecule has 3 rings (SSSR count). The number of likely N-dealkylation sites (tertiary alicyclic amines) is 1. The molecule has 6 heteroatoms. The van der Waals surface area contributed by atoms with E-state index in [0.29, 0.717) is 12.3 Å². The van der Waals surface area contributed by atoms with E-state index >= 15 is 0 Å². The predicted octanol–water partition coefficient (Wildman–Crippen LogP) is 3.04. The molecule has 2 aromatic rings. The van der Waals surface area contributed by atoms with Crippen molar-refractivity contribution >= 4 is 5.91 Å². The Hall–Kier alpha value is -2.47. The van der Waals surface area contributed by atoms with Crippen LogP contribution in [0.2, 0.25) is 0 Å². The van der Waals surface area contributed by atoms with Crippen molar-refractivity contribution in [3.8, 4) is 0 Å². The van der Waals surface area contributed by atoms with Crippen LogP contribution in [0.4, 0.5) is 4.39 Å². The third kappa shape index (κ3) is 4.58. The summed E-state index contributed by atoms with van der Waals surface area (Å²) >= 11 is 0. The van der Waals surface area contributed by atoms with Gasteiger partial charge in [0.2, 0.25) is 0 Å². The Balaban J connectivity index is 1.75. The van der Waals surface area contributed by atoms with Gasteiger partial charge in [-0.15, -0.1) is 0 Å². The average Bonchev–Trinajstić information content (AvgIpc) is 2.63. The van der Waals surface area contributed by atoms with Crippen molar-refractivity contribution < 1.29 is 13.6 Å². The Labute approximate surface area is 151 Å². The summed E-state index contributed by atoms with van der Waals surface area (Å²) in [7, 11) is 0. The first kappa shape index (κ1) is 18.3. The van der Waals surface area contributed by atoms with Crippen LogP contribution in [0.5, 0.6) is 0 Å². The molecule has 1 aliphatic rings. The molecule has 0 aliphatic carbocycles. The van der Waals surface area contributed by atoms with E-state index in [9.17, 15) is 14.0 Å². The molecule has 1 atom stereocenters. The van der Waals surface area contributed by atoms with Gasteiger partial charge in [-0.2, -0.15) is 0 Å². The van der Waals surface area contributed by atoms with Crippen LogP contribution < -0.4 is 10.7 Å². The number of hydrogen-bond donors (Lipinski definition) is 1. The molecule has 0 bridgehead atoms. The fraction of sp³-hybridized carbons (Fsp3) is 0.400. The lowest BCUT2D eigenvalue weighted by Crippen LogP contribution is -2.40. The first-order valence-corrected chi connectivity index (χ1v) is 8.92. The fourth-order valence-electron chi connectivity index (χ4n) is 3.36. The van der Waals surface area contributed by atoms with Crippen molar-refractivity contribution in [2.75, 3.05) is 19.6 Å². The van der Waals surface area contributed by atoms with Gasteiger partial charge >= 0.3 is 0 Å². The molecule has 1 aromatic heterocycles. The Kier molecular flexibility index (Phi) is 5.83.